The number of nitrogens with two attached hydrogens (primary N) is 1. The number of nitrogen functional groups attached to an aromatic ring is 1. The molecule has 1 aliphatic heterocycles. The highest BCUT2D eigenvalue weighted by Gasteiger charge is 2.23. The Morgan fingerprint density at radius 1 is 1.05 bits per heavy atom. The van der Waals surface area contributed by atoms with Gasteiger partial charge in [0.1, 0.15) is 12.3 Å². The van der Waals surface area contributed by atoms with Gasteiger partial charge in [-0.1, -0.05) is 61.5 Å². The van der Waals surface area contributed by atoms with Crippen LogP contribution in [0.5, 0.6) is 0 Å². The van der Waals surface area contributed by atoms with Crippen LogP contribution in [0.2, 0.25) is 0 Å². The van der Waals surface area contributed by atoms with Crippen molar-refractivity contribution >= 4 is 23.4 Å². The summed E-state index contributed by atoms with van der Waals surface area (Å²) in [5, 5.41) is 2.78. The van der Waals surface area contributed by atoms with Crippen molar-refractivity contribution in [2.24, 2.45) is 5.92 Å². The number of ether oxygens (including phenoxy) is 1. The molecule has 0 radical (unpaired) electrons. The summed E-state index contributed by atoms with van der Waals surface area (Å²) >= 11 is 0. The summed E-state index contributed by atoms with van der Waals surface area (Å²) in [6, 6.07) is 19.3. The largest absolute Gasteiger partial charge is 0.445 e. The first-order valence-corrected chi connectivity index (χ1v) is 13.8. The number of carbonyl (C=O) groups is 2. The van der Waals surface area contributed by atoms with Crippen molar-refractivity contribution in [1.29, 1.82) is 0 Å². The summed E-state index contributed by atoms with van der Waals surface area (Å²) in [7, 11) is 0. The van der Waals surface area contributed by atoms with Crippen molar-refractivity contribution in [3.8, 4) is 11.3 Å². The lowest BCUT2D eigenvalue weighted by atomic mass is 10.0. The molecule has 4 aromatic rings. The minimum atomic E-state index is -0.451. The van der Waals surface area contributed by atoms with E-state index >= 15 is 0 Å². The van der Waals surface area contributed by atoms with Gasteiger partial charge in [0.2, 0.25) is 0 Å². The van der Waals surface area contributed by atoms with E-state index < -0.39 is 6.09 Å². The lowest BCUT2D eigenvalue weighted by Crippen LogP contribution is -2.26. The number of ketones is 1. The quantitative estimate of drug-likeness (QED) is 0.268. The van der Waals surface area contributed by atoms with E-state index in [1.165, 1.54) is 0 Å². The molecule has 1 unspecified atom stereocenters. The van der Waals surface area contributed by atoms with Gasteiger partial charge >= 0.3 is 6.09 Å². The van der Waals surface area contributed by atoms with Crippen molar-refractivity contribution in [2.75, 3.05) is 30.3 Å². The number of nitrogens with one attached hydrogen (secondary N) is 1. The van der Waals surface area contributed by atoms with Crippen molar-refractivity contribution in [3.63, 3.8) is 0 Å². The zero-order valence-corrected chi connectivity index (χ0v) is 23.1. The van der Waals surface area contributed by atoms with Gasteiger partial charge in [-0.15, -0.1) is 0 Å². The van der Waals surface area contributed by atoms with E-state index in [2.05, 4.69) is 32.1 Å². The fourth-order valence-electron chi connectivity index (χ4n) is 4.94. The zero-order chi connectivity index (χ0) is 28.6. The maximum atomic E-state index is 13.3. The summed E-state index contributed by atoms with van der Waals surface area (Å²) in [4.78, 5) is 40.7. The molecule has 2 aromatic carbocycles. The van der Waals surface area contributed by atoms with Gasteiger partial charge in [0.25, 0.3) is 0 Å². The second-order valence-corrected chi connectivity index (χ2v) is 10.4. The molecule has 0 spiro atoms. The number of nitrogens with zero attached hydrogens (tertiary/aromatic N) is 4. The molecule has 41 heavy (non-hydrogen) atoms. The summed E-state index contributed by atoms with van der Waals surface area (Å²) in [6.45, 7) is 4.85. The standard InChI is InChI=1S/C32H34N6O3/c1-22-13-16-38(20-22)28-12-14-34-18-26(28)17-29(39)30-31(33)36-19-27(37-30)25-9-7-23(8-10-25)11-15-35-32(40)41-21-24-5-3-2-4-6-24/h2-10,12,14,18-19,22H,11,13,15-17,20-21H2,1H3,(H2,33,36)(H,35,40). The van der Waals surface area contributed by atoms with E-state index in [1.54, 1.807) is 18.6 Å². The molecule has 3 heterocycles. The van der Waals surface area contributed by atoms with Crippen LogP contribution in [-0.2, 0) is 24.2 Å². The smallest absolute Gasteiger partial charge is 0.407 e. The Balaban J connectivity index is 1.18. The van der Waals surface area contributed by atoms with E-state index in [0.29, 0.717) is 24.6 Å². The molecule has 3 N–H and O–H groups in total. The molecule has 1 fully saturated rings. The second kappa shape index (κ2) is 13.0. The summed E-state index contributed by atoms with van der Waals surface area (Å²) in [6.07, 6.45) is 6.56. The third-order valence-electron chi connectivity index (χ3n) is 7.20. The van der Waals surface area contributed by atoms with Crippen LogP contribution in [0.15, 0.2) is 79.3 Å². The van der Waals surface area contributed by atoms with Crippen molar-refractivity contribution in [1.82, 2.24) is 20.3 Å². The highest BCUT2D eigenvalue weighted by molar-refractivity contribution is 6.00. The molecule has 2 aromatic heterocycles. The number of hydrogen-bond donors (Lipinski definition) is 2. The third kappa shape index (κ3) is 7.25. The van der Waals surface area contributed by atoms with Crippen molar-refractivity contribution < 1.29 is 14.3 Å². The molecule has 0 aliphatic carbocycles. The predicted octanol–water partition coefficient (Wildman–Crippen LogP) is 4.86. The van der Waals surface area contributed by atoms with Gasteiger partial charge < -0.3 is 20.7 Å². The number of pyridine rings is 1. The van der Waals surface area contributed by atoms with Crippen LogP contribution in [0.25, 0.3) is 11.3 Å². The highest BCUT2D eigenvalue weighted by atomic mass is 16.5. The molecule has 0 saturated carbocycles. The lowest BCUT2D eigenvalue weighted by Gasteiger charge is -2.21. The van der Waals surface area contributed by atoms with E-state index in [1.807, 2.05) is 60.7 Å². The topological polar surface area (TPSA) is 123 Å². The van der Waals surface area contributed by atoms with Crippen LogP contribution >= 0.6 is 0 Å². The van der Waals surface area contributed by atoms with Gasteiger partial charge in [0, 0.05) is 55.3 Å². The predicted molar refractivity (Wildman–Crippen MR) is 158 cm³/mol. The van der Waals surface area contributed by atoms with Crippen molar-refractivity contribution in [2.45, 2.75) is 32.8 Å². The highest BCUT2D eigenvalue weighted by Crippen LogP contribution is 2.28. The Morgan fingerprint density at radius 2 is 1.85 bits per heavy atom. The Bertz CT molecular complexity index is 1490. The van der Waals surface area contributed by atoms with Gasteiger partial charge in [-0.05, 0) is 36.0 Å². The van der Waals surface area contributed by atoms with Crippen LogP contribution in [0.3, 0.4) is 0 Å². The lowest BCUT2D eigenvalue weighted by molar-refractivity contribution is 0.0988. The minimum absolute atomic E-state index is 0.112. The molecule has 1 atom stereocenters. The van der Waals surface area contributed by atoms with Gasteiger partial charge in [-0.2, -0.15) is 0 Å². The van der Waals surface area contributed by atoms with E-state index in [-0.39, 0.29) is 30.3 Å². The number of rotatable bonds is 10. The van der Waals surface area contributed by atoms with E-state index in [0.717, 1.165) is 47.5 Å². The van der Waals surface area contributed by atoms with Crippen molar-refractivity contribution in [3.05, 3.63) is 102 Å². The molecular formula is C32H34N6O3. The summed E-state index contributed by atoms with van der Waals surface area (Å²) < 4.78 is 5.25. The Morgan fingerprint density at radius 3 is 2.61 bits per heavy atom. The van der Waals surface area contributed by atoms with Crippen LogP contribution < -0.4 is 16.0 Å². The number of Topliss-reactive ketones (excluding diaryl/α,β-unsaturated/α-hetero) is 1. The van der Waals surface area contributed by atoms with Gasteiger partial charge in [-0.3, -0.25) is 9.78 Å². The number of alkyl carbamates (subject to hydrolysis) is 1. The molecule has 9 nitrogen and oxygen atoms in total. The second-order valence-electron chi connectivity index (χ2n) is 10.4. The molecule has 1 saturated heterocycles. The Labute approximate surface area is 239 Å². The number of anilines is 2. The Kier molecular flexibility index (Phi) is 8.83. The average molecular weight is 551 g/mol. The van der Waals surface area contributed by atoms with Gasteiger partial charge in [0.05, 0.1) is 11.9 Å². The number of aromatic nitrogens is 3. The summed E-state index contributed by atoms with van der Waals surface area (Å²) in [5.41, 5.74) is 11.5. The maximum Gasteiger partial charge on any atom is 0.407 e. The molecule has 1 aliphatic rings. The minimum Gasteiger partial charge on any atom is -0.445 e. The van der Waals surface area contributed by atoms with E-state index in [9.17, 15) is 9.59 Å². The number of benzene rings is 2. The maximum absolute atomic E-state index is 13.3. The summed E-state index contributed by atoms with van der Waals surface area (Å²) in [5.74, 6) is 0.537. The SMILES string of the molecule is CC1CCN(c2ccncc2CC(=O)c2nc(-c3ccc(CCNC(=O)OCc4ccccc4)cc3)cnc2N)C1. The normalized spacial score (nSPS) is 14.6. The van der Waals surface area contributed by atoms with Gasteiger partial charge in [0.15, 0.2) is 11.6 Å². The van der Waals surface area contributed by atoms with E-state index in [4.69, 9.17) is 10.5 Å². The fourth-order valence-corrected chi connectivity index (χ4v) is 4.94. The zero-order valence-electron chi connectivity index (χ0n) is 23.1. The fraction of sp³-hybridized carbons (Fsp3) is 0.281. The van der Waals surface area contributed by atoms with Crippen LogP contribution in [0.4, 0.5) is 16.3 Å². The Hall–Kier alpha value is -4.79. The first kappa shape index (κ1) is 27.8. The number of carbonyl (C=O) groups excluding carboxylic acids is 2. The first-order valence-electron chi connectivity index (χ1n) is 13.8. The molecule has 1 amide bonds. The number of amides is 1. The van der Waals surface area contributed by atoms with Crippen LogP contribution in [-0.4, -0.2) is 46.5 Å². The first-order chi connectivity index (χ1) is 20.0. The molecule has 5 rings (SSSR count). The number of hydrogen-bond acceptors (Lipinski definition) is 8. The molecular weight excluding hydrogens is 516 g/mol. The average Bonchev–Trinajstić information content (AvgIpc) is 3.43. The third-order valence-corrected chi connectivity index (χ3v) is 7.20. The molecule has 0 bridgehead atoms. The molecule has 210 valence electrons. The van der Waals surface area contributed by atoms with Crippen LogP contribution in [0, 0.1) is 5.92 Å². The van der Waals surface area contributed by atoms with Crippen LogP contribution in [0.1, 0.15) is 40.5 Å². The van der Waals surface area contributed by atoms with Gasteiger partial charge in [-0.25, -0.2) is 14.8 Å². The monoisotopic (exact) mass is 550 g/mol. The molecule has 9 heteroatoms.